The fourth-order valence-corrected chi connectivity index (χ4v) is 4.62. The fourth-order valence-electron chi connectivity index (χ4n) is 3.82. The zero-order valence-corrected chi connectivity index (χ0v) is 21.8. The number of nitrogens with two attached hydrogens (primary N) is 1. The van der Waals surface area contributed by atoms with Crippen molar-refractivity contribution < 1.29 is 27.9 Å². The van der Waals surface area contributed by atoms with Gasteiger partial charge in [-0.05, 0) is 55.8 Å². The summed E-state index contributed by atoms with van der Waals surface area (Å²) in [6.07, 6.45) is 0.283. The molecule has 0 saturated carbocycles. The smallest absolute Gasteiger partial charge is 0.421 e. The summed E-state index contributed by atoms with van der Waals surface area (Å²) in [4.78, 5) is 35.0. The zero-order chi connectivity index (χ0) is 27.8. The Morgan fingerprint density at radius 1 is 1.11 bits per heavy atom. The number of aliphatic carboxylic acids is 1. The molecule has 0 fully saturated rings. The number of aryl methyl sites for hydroxylation is 3. The maximum absolute atomic E-state index is 13.0. The van der Waals surface area contributed by atoms with Crippen LogP contribution in [0.25, 0.3) is 10.9 Å². The van der Waals surface area contributed by atoms with Crippen LogP contribution in [0.4, 0.5) is 27.9 Å². The minimum Gasteiger partial charge on any atom is -0.479 e. The highest BCUT2D eigenvalue weighted by Gasteiger charge is 2.26. The number of primary sulfonamides is 1. The van der Waals surface area contributed by atoms with E-state index in [1.807, 2.05) is 32.2 Å². The van der Waals surface area contributed by atoms with Crippen molar-refractivity contribution in [2.75, 3.05) is 23.5 Å². The molecule has 0 aliphatic carbocycles. The SMILES string of the molecule is Cc1ccc(N(C(=O)OCC(=O)O)c2nccc(N(C)c3ccc4c(C)n(C)nc4c3)n2)cc1S(N)(=O)=O. The van der Waals surface area contributed by atoms with E-state index in [1.54, 1.807) is 29.6 Å². The molecule has 0 bridgehead atoms. The van der Waals surface area contributed by atoms with Gasteiger partial charge in [-0.15, -0.1) is 0 Å². The van der Waals surface area contributed by atoms with Crippen molar-refractivity contribution in [1.29, 1.82) is 0 Å². The van der Waals surface area contributed by atoms with Crippen molar-refractivity contribution in [1.82, 2.24) is 19.7 Å². The number of carboxylic acid groups (broad SMARTS) is 1. The predicted octanol–water partition coefficient (Wildman–Crippen LogP) is 2.75. The molecule has 0 aliphatic rings. The number of benzene rings is 2. The fraction of sp³-hybridized carbons (Fsp3) is 0.208. The molecular formula is C24H25N7O6S. The van der Waals surface area contributed by atoms with E-state index in [0.717, 1.165) is 27.2 Å². The molecule has 0 saturated heterocycles. The summed E-state index contributed by atoms with van der Waals surface area (Å²) >= 11 is 0. The van der Waals surface area contributed by atoms with E-state index in [4.69, 9.17) is 15.0 Å². The summed E-state index contributed by atoms with van der Waals surface area (Å²) in [6.45, 7) is 2.59. The Hall–Kier alpha value is -4.56. The van der Waals surface area contributed by atoms with Crippen LogP contribution in [0.3, 0.4) is 0 Å². The number of carboxylic acids is 1. The normalized spacial score (nSPS) is 11.4. The van der Waals surface area contributed by atoms with Crippen LogP contribution in [0.1, 0.15) is 11.3 Å². The maximum atomic E-state index is 13.0. The van der Waals surface area contributed by atoms with Gasteiger partial charge in [0.2, 0.25) is 16.0 Å². The van der Waals surface area contributed by atoms with Crippen molar-refractivity contribution in [2.24, 2.45) is 12.2 Å². The first-order valence-electron chi connectivity index (χ1n) is 11.2. The van der Waals surface area contributed by atoms with Gasteiger partial charge in [-0.3, -0.25) is 4.68 Å². The molecule has 14 heteroatoms. The largest absolute Gasteiger partial charge is 0.479 e. The molecule has 198 valence electrons. The molecule has 4 rings (SSSR count). The average Bonchev–Trinajstić information content (AvgIpc) is 3.15. The van der Waals surface area contributed by atoms with E-state index in [9.17, 15) is 18.0 Å². The minimum atomic E-state index is -4.13. The molecule has 1 amide bonds. The number of rotatable bonds is 7. The Labute approximate surface area is 218 Å². The van der Waals surface area contributed by atoms with Gasteiger partial charge < -0.3 is 14.7 Å². The van der Waals surface area contributed by atoms with Gasteiger partial charge in [0.1, 0.15) is 5.82 Å². The van der Waals surface area contributed by atoms with E-state index in [2.05, 4.69) is 15.1 Å². The summed E-state index contributed by atoms with van der Waals surface area (Å²) in [5.41, 5.74) is 2.93. The van der Waals surface area contributed by atoms with Gasteiger partial charge in [0, 0.05) is 37.1 Å². The Morgan fingerprint density at radius 3 is 2.50 bits per heavy atom. The van der Waals surface area contributed by atoms with Crippen LogP contribution < -0.4 is 14.9 Å². The first kappa shape index (κ1) is 26.5. The zero-order valence-electron chi connectivity index (χ0n) is 21.0. The quantitative estimate of drug-likeness (QED) is 0.355. The standard InChI is InChI=1S/C24H25N7O6S/c1-14-5-6-17(12-20(14)38(25,35)36)31(24(34)37-13-22(32)33)23-26-10-9-21(27-23)29(3)16-7-8-18-15(2)30(4)28-19(18)11-16/h5-12H,13H2,1-4H3,(H,32,33)(H2,25,35,36). The van der Waals surface area contributed by atoms with Gasteiger partial charge in [-0.25, -0.2) is 33.0 Å². The molecular weight excluding hydrogens is 514 g/mol. The lowest BCUT2D eigenvalue weighted by Gasteiger charge is -2.23. The molecule has 13 nitrogen and oxygen atoms in total. The third kappa shape index (κ3) is 5.26. The monoisotopic (exact) mass is 539 g/mol. The number of amides is 1. The number of sulfonamides is 1. The van der Waals surface area contributed by atoms with Crippen molar-refractivity contribution in [3.63, 3.8) is 0 Å². The summed E-state index contributed by atoms with van der Waals surface area (Å²) in [6, 6.07) is 11.4. The molecule has 2 aromatic heterocycles. The number of nitrogens with zero attached hydrogens (tertiary/aromatic N) is 6. The lowest BCUT2D eigenvalue weighted by Crippen LogP contribution is -2.31. The predicted molar refractivity (Wildman–Crippen MR) is 139 cm³/mol. The van der Waals surface area contributed by atoms with Gasteiger partial charge >= 0.3 is 12.1 Å². The van der Waals surface area contributed by atoms with Crippen molar-refractivity contribution in [2.45, 2.75) is 18.7 Å². The highest BCUT2D eigenvalue weighted by atomic mass is 32.2. The molecule has 4 aromatic rings. The summed E-state index contributed by atoms with van der Waals surface area (Å²) in [5.74, 6) is -1.16. The molecule has 38 heavy (non-hydrogen) atoms. The highest BCUT2D eigenvalue weighted by molar-refractivity contribution is 7.89. The molecule has 2 aromatic carbocycles. The number of hydrogen-bond acceptors (Lipinski definition) is 9. The van der Waals surface area contributed by atoms with Gasteiger partial charge in [-0.1, -0.05) is 6.07 Å². The van der Waals surface area contributed by atoms with Gasteiger partial charge in [0.05, 0.1) is 16.1 Å². The van der Waals surface area contributed by atoms with Crippen molar-refractivity contribution in [3.05, 3.63) is 59.9 Å². The summed E-state index contributed by atoms with van der Waals surface area (Å²) in [5, 5.41) is 19.8. The second-order valence-corrected chi connectivity index (χ2v) is 9.99. The van der Waals surface area contributed by atoms with Crippen LogP contribution in [0.2, 0.25) is 0 Å². The summed E-state index contributed by atoms with van der Waals surface area (Å²) in [7, 11) is -0.504. The van der Waals surface area contributed by atoms with Crippen LogP contribution in [-0.2, 0) is 26.6 Å². The number of ether oxygens (including phenoxy) is 1. The van der Waals surface area contributed by atoms with Crippen LogP contribution in [0.15, 0.2) is 53.6 Å². The van der Waals surface area contributed by atoms with Crippen LogP contribution in [0.5, 0.6) is 0 Å². The van der Waals surface area contributed by atoms with Crippen LogP contribution >= 0.6 is 0 Å². The Kier molecular flexibility index (Phi) is 7.02. The Bertz CT molecular complexity index is 1670. The topological polar surface area (TPSA) is 174 Å². The van der Waals surface area contributed by atoms with E-state index in [-0.39, 0.29) is 16.5 Å². The van der Waals surface area contributed by atoms with Gasteiger partial charge in [0.15, 0.2) is 6.61 Å². The maximum Gasteiger partial charge on any atom is 0.421 e. The third-order valence-electron chi connectivity index (χ3n) is 5.91. The lowest BCUT2D eigenvalue weighted by atomic mass is 10.2. The van der Waals surface area contributed by atoms with E-state index < -0.39 is 28.7 Å². The molecule has 2 heterocycles. The number of anilines is 4. The first-order valence-corrected chi connectivity index (χ1v) is 12.7. The molecule has 0 spiro atoms. The number of fused-ring (bicyclic) bond motifs is 1. The Morgan fingerprint density at radius 2 is 1.82 bits per heavy atom. The molecule has 3 N–H and O–H groups in total. The number of carbonyl (C=O) groups excluding carboxylic acids is 1. The second kappa shape index (κ2) is 10.1. The molecule has 0 radical (unpaired) electrons. The van der Waals surface area contributed by atoms with E-state index >= 15 is 0 Å². The van der Waals surface area contributed by atoms with Crippen LogP contribution in [-0.4, -0.2) is 59.0 Å². The third-order valence-corrected chi connectivity index (χ3v) is 6.96. The molecule has 0 atom stereocenters. The number of carbonyl (C=O) groups is 2. The molecule has 0 unspecified atom stereocenters. The first-order chi connectivity index (χ1) is 17.9. The molecule has 0 aliphatic heterocycles. The second-order valence-electron chi connectivity index (χ2n) is 8.46. The highest BCUT2D eigenvalue weighted by Crippen LogP contribution is 2.31. The number of aromatic nitrogens is 4. The van der Waals surface area contributed by atoms with E-state index in [1.165, 1.54) is 24.4 Å². The van der Waals surface area contributed by atoms with Crippen LogP contribution in [0, 0.1) is 13.8 Å². The van der Waals surface area contributed by atoms with Gasteiger partial charge in [0.25, 0.3) is 0 Å². The average molecular weight is 540 g/mol. The van der Waals surface area contributed by atoms with Crippen molar-refractivity contribution in [3.8, 4) is 0 Å². The minimum absolute atomic E-state index is 0.0141. The Balaban J connectivity index is 1.78. The van der Waals surface area contributed by atoms with E-state index in [0.29, 0.717) is 11.4 Å². The summed E-state index contributed by atoms with van der Waals surface area (Å²) < 4.78 is 30.8. The van der Waals surface area contributed by atoms with Gasteiger partial charge in [-0.2, -0.15) is 10.1 Å². The lowest BCUT2D eigenvalue weighted by molar-refractivity contribution is -0.140. The number of hydrogen-bond donors (Lipinski definition) is 2. The van der Waals surface area contributed by atoms with Crippen molar-refractivity contribution >= 4 is 56.1 Å².